The molecular weight excluding hydrogens is 306 g/mol. The van der Waals surface area contributed by atoms with E-state index in [4.69, 9.17) is 9.15 Å². The Balaban J connectivity index is 1.55. The number of aliphatic hydroxyl groups is 1. The van der Waals surface area contributed by atoms with E-state index < -0.39 is 0 Å². The van der Waals surface area contributed by atoms with E-state index in [0.717, 1.165) is 50.7 Å². The van der Waals surface area contributed by atoms with Crippen LogP contribution >= 0.6 is 0 Å². The van der Waals surface area contributed by atoms with E-state index in [1.165, 1.54) is 0 Å². The largest absolute Gasteiger partial charge is 0.439 e. The second-order valence-electron chi connectivity index (χ2n) is 5.94. The lowest BCUT2D eigenvalue weighted by atomic mass is 10.2. The van der Waals surface area contributed by atoms with Crippen LogP contribution in [0.1, 0.15) is 5.89 Å². The van der Waals surface area contributed by atoms with Crippen LogP contribution in [0.3, 0.4) is 0 Å². The number of oxazole rings is 1. The molecule has 6 nitrogen and oxygen atoms in total. The maximum absolute atomic E-state index is 9.31. The van der Waals surface area contributed by atoms with E-state index >= 15 is 0 Å². The molecule has 2 aromatic rings. The maximum Gasteiger partial charge on any atom is 0.209 e. The lowest BCUT2D eigenvalue weighted by molar-refractivity contribution is 0.0315. The molecule has 6 heteroatoms. The van der Waals surface area contributed by atoms with Crippen molar-refractivity contribution in [1.29, 1.82) is 0 Å². The molecular formula is C18H25N3O3. The Morgan fingerprint density at radius 1 is 1.12 bits per heavy atom. The molecule has 0 bridgehead atoms. The highest BCUT2D eigenvalue weighted by molar-refractivity contribution is 5.55. The minimum absolute atomic E-state index is 0.134. The van der Waals surface area contributed by atoms with Gasteiger partial charge in [-0.3, -0.25) is 9.80 Å². The fraction of sp³-hybridized carbons (Fsp3) is 0.500. The predicted octanol–water partition coefficient (Wildman–Crippen LogP) is 1.47. The maximum atomic E-state index is 9.31. The smallest absolute Gasteiger partial charge is 0.209 e. The van der Waals surface area contributed by atoms with E-state index in [0.29, 0.717) is 19.0 Å². The first-order valence-corrected chi connectivity index (χ1v) is 8.48. The van der Waals surface area contributed by atoms with E-state index in [2.05, 4.69) is 14.8 Å². The van der Waals surface area contributed by atoms with E-state index in [1.54, 1.807) is 6.20 Å². The molecule has 0 spiro atoms. The molecule has 1 saturated heterocycles. The number of benzene rings is 1. The van der Waals surface area contributed by atoms with Crippen LogP contribution in [0.25, 0.3) is 11.3 Å². The number of hydrogen-bond acceptors (Lipinski definition) is 6. The van der Waals surface area contributed by atoms with Crippen LogP contribution in [0, 0.1) is 0 Å². The SMILES string of the molecule is OCCN(CCN1CCOCC1)Cc1ncc(-c2ccccc2)o1. The Bertz CT molecular complexity index is 597. The molecule has 0 saturated carbocycles. The van der Waals surface area contributed by atoms with Gasteiger partial charge in [-0.25, -0.2) is 4.98 Å². The number of aliphatic hydroxyl groups excluding tert-OH is 1. The van der Waals surface area contributed by atoms with Gasteiger partial charge in [0.1, 0.15) is 0 Å². The summed E-state index contributed by atoms with van der Waals surface area (Å²) in [5, 5.41) is 9.31. The van der Waals surface area contributed by atoms with Crippen molar-refractivity contribution in [3.63, 3.8) is 0 Å². The first-order chi connectivity index (χ1) is 11.8. The molecule has 130 valence electrons. The Kier molecular flexibility index (Phi) is 6.37. The summed E-state index contributed by atoms with van der Waals surface area (Å²) >= 11 is 0. The molecule has 0 unspecified atom stereocenters. The van der Waals surface area contributed by atoms with E-state index in [-0.39, 0.29) is 6.61 Å². The lowest BCUT2D eigenvalue weighted by Crippen LogP contribution is -2.41. The van der Waals surface area contributed by atoms with Crippen LogP contribution < -0.4 is 0 Å². The monoisotopic (exact) mass is 331 g/mol. The standard InChI is InChI=1S/C18H25N3O3/c22-11-8-21(7-6-20-9-12-23-13-10-20)15-18-19-14-17(24-18)16-4-2-1-3-5-16/h1-5,14,22H,6-13,15H2. The molecule has 1 aromatic carbocycles. The normalized spacial score (nSPS) is 15.9. The van der Waals surface area contributed by atoms with Crippen LogP contribution in [0.4, 0.5) is 0 Å². The molecule has 0 atom stereocenters. The molecule has 3 rings (SSSR count). The molecule has 1 aliphatic rings. The van der Waals surface area contributed by atoms with Crippen molar-refractivity contribution in [2.45, 2.75) is 6.54 Å². The molecule has 1 aromatic heterocycles. The fourth-order valence-electron chi connectivity index (χ4n) is 2.83. The zero-order chi connectivity index (χ0) is 16.6. The highest BCUT2D eigenvalue weighted by Crippen LogP contribution is 2.20. The Hall–Kier alpha value is -1.73. The van der Waals surface area contributed by atoms with Crippen LogP contribution in [-0.2, 0) is 11.3 Å². The molecule has 24 heavy (non-hydrogen) atoms. The van der Waals surface area contributed by atoms with Gasteiger partial charge < -0.3 is 14.3 Å². The molecule has 1 aliphatic heterocycles. The molecule has 1 fully saturated rings. The summed E-state index contributed by atoms with van der Waals surface area (Å²) in [4.78, 5) is 8.95. The second kappa shape index (κ2) is 8.94. The number of hydrogen-bond donors (Lipinski definition) is 1. The van der Waals surface area contributed by atoms with Gasteiger partial charge in [-0.2, -0.15) is 0 Å². The summed E-state index contributed by atoms with van der Waals surface area (Å²) < 4.78 is 11.2. The summed E-state index contributed by atoms with van der Waals surface area (Å²) in [7, 11) is 0. The topological polar surface area (TPSA) is 62.0 Å². The van der Waals surface area contributed by atoms with Crippen molar-refractivity contribution in [2.75, 3.05) is 52.5 Å². The first kappa shape index (κ1) is 17.1. The van der Waals surface area contributed by atoms with Crippen LogP contribution in [0.2, 0.25) is 0 Å². The molecule has 0 radical (unpaired) electrons. The first-order valence-electron chi connectivity index (χ1n) is 8.48. The third kappa shape index (κ3) is 4.88. The summed E-state index contributed by atoms with van der Waals surface area (Å²) in [5.41, 5.74) is 1.03. The summed E-state index contributed by atoms with van der Waals surface area (Å²) in [6.45, 7) is 6.77. The number of aromatic nitrogens is 1. The van der Waals surface area contributed by atoms with Gasteiger partial charge in [0.05, 0.1) is 32.6 Å². The minimum Gasteiger partial charge on any atom is -0.439 e. The Morgan fingerprint density at radius 2 is 1.92 bits per heavy atom. The van der Waals surface area contributed by atoms with Crippen molar-refractivity contribution >= 4 is 0 Å². The Labute approximate surface area is 142 Å². The van der Waals surface area contributed by atoms with E-state index in [9.17, 15) is 5.11 Å². The van der Waals surface area contributed by atoms with Crippen LogP contribution in [0.5, 0.6) is 0 Å². The van der Waals surface area contributed by atoms with Gasteiger partial charge in [-0.05, 0) is 0 Å². The van der Waals surface area contributed by atoms with Gasteiger partial charge in [0, 0.05) is 38.3 Å². The van der Waals surface area contributed by atoms with Crippen molar-refractivity contribution in [2.24, 2.45) is 0 Å². The Morgan fingerprint density at radius 3 is 2.67 bits per heavy atom. The number of morpholine rings is 1. The molecule has 2 heterocycles. The summed E-state index contributed by atoms with van der Waals surface area (Å²) in [6, 6.07) is 9.97. The highest BCUT2D eigenvalue weighted by atomic mass is 16.5. The van der Waals surface area contributed by atoms with Crippen molar-refractivity contribution in [3.8, 4) is 11.3 Å². The van der Waals surface area contributed by atoms with Crippen LogP contribution in [-0.4, -0.2) is 72.4 Å². The number of ether oxygens (including phenoxy) is 1. The van der Waals surface area contributed by atoms with Gasteiger partial charge in [0.15, 0.2) is 5.76 Å². The second-order valence-corrected chi connectivity index (χ2v) is 5.94. The van der Waals surface area contributed by atoms with Crippen molar-refractivity contribution < 1.29 is 14.3 Å². The van der Waals surface area contributed by atoms with Gasteiger partial charge in [-0.1, -0.05) is 30.3 Å². The minimum atomic E-state index is 0.134. The third-order valence-electron chi connectivity index (χ3n) is 4.22. The zero-order valence-corrected chi connectivity index (χ0v) is 13.9. The number of nitrogens with zero attached hydrogens (tertiary/aromatic N) is 3. The average molecular weight is 331 g/mol. The van der Waals surface area contributed by atoms with Gasteiger partial charge >= 0.3 is 0 Å². The number of rotatable bonds is 8. The predicted molar refractivity (Wildman–Crippen MR) is 91.6 cm³/mol. The van der Waals surface area contributed by atoms with Crippen LogP contribution in [0.15, 0.2) is 40.9 Å². The third-order valence-corrected chi connectivity index (χ3v) is 4.22. The van der Waals surface area contributed by atoms with Gasteiger partial charge in [0.2, 0.25) is 5.89 Å². The summed E-state index contributed by atoms with van der Waals surface area (Å²) in [5.74, 6) is 1.46. The lowest BCUT2D eigenvalue weighted by Gasteiger charge is -2.29. The molecule has 0 amide bonds. The zero-order valence-electron chi connectivity index (χ0n) is 13.9. The molecule has 1 N–H and O–H groups in total. The van der Waals surface area contributed by atoms with Crippen molar-refractivity contribution in [1.82, 2.24) is 14.8 Å². The molecule has 0 aliphatic carbocycles. The van der Waals surface area contributed by atoms with Gasteiger partial charge in [0.25, 0.3) is 0 Å². The quantitative estimate of drug-likeness (QED) is 0.790. The average Bonchev–Trinajstić information content (AvgIpc) is 3.10. The van der Waals surface area contributed by atoms with Crippen molar-refractivity contribution in [3.05, 3.63) is 42.4 Å². The highest BCUT2D eigenvalue weighted by Gasteiger charge is 2.15. The van der Waals surface area contributed by atoms with Gasteiger partial charge in [-0.15, -0.1) is 0 Å². The fourth-order valence-corrected chi connectivity index (χ4v) is 2.83. The van der Waals surface area contributed by atoms with E-state index in [1.807, 2.05) is 30.3 Å². The summed E-state index contributed by atoms with van der Waals surface area (Å²) in [6.07, 6.45) is 1.77.